The third kappa shape index (κ3) is 4.59. The van der Waals surface area contributed by atoms with Crippen molar-refractivity contribution in [2.75, 3.05) is 57.8 Å². The van der Waals surface area contributed by atoms with Gasteiger partial charge in [0.1, 0.15) is 5.75 Å². The summed E-state index contributed by atoms with van der Waals surface area (Å²) in [6, 6.07) is 8.12. The van der Waals surface area contributed by atoms with Gasteiger partial charge in [-0.05, 0) is 50.1 Å². The van der Waals surface area contributed by atoms with E-state index in [1.807, 2.05) is 24.3 Å². The quantitative estimate of drug-likeness (QED) is 0.720. The van der Waals surface area contributed by atoms with E-state index in [9.17, 15) is 4.79 Å². The smallest absolute Gasteiger partial charge is 0.324 e. The fourth-order valence-corrected chi connectivity index (χ4v) is 4.29. The van der Waals surface area contributed by atoms with Gasteiger partial charge in [0.25, 0.3) is 0 Å². The van der Waals surface area contributed by atoms with E-state index in [0.717, 1.165) is 70.0 Å². The molecule has 0 aliphatic carbocycles. The van der Waals surface area contributed by atoms with Crippen LogP contribution in [0.4, 0.5) is 6.01 Å². The first kappa shape index (κ1) is 20.7. The Bertz CT molecular complexity index is 822. The number of methoxy groups -OCH3 is 1. The lowest BCUT2D eigenvalue weighted by Crippen LogP contribution is -2.51. The van der Waals surface area contributed by atoms with Crippen LogP contribution in [-0.2, 0) is 4.79 Å². The number of carbonyl (C=O) groups excluding carboxylic acids is 1. The van der Waals surface area contributed by atoms with Crippen molar-refractivity contribution in [1.29, 1.82) is 0 Å². The zero-order chi connectivity index (χ0) is 20.9. The minimum atomic E-state index is 0.1000. The Morgan fingerprint density at radius 3 is 2.43 bits per heavy atom. The number of carbonyl (C=O) groups is 1. The maximum Gasteiger partial charge on any atom is 0.324 e. The highest BCUT2D eigenvalue weighted by Crippen LogP contribution is 2.27. The lowest BCUT2D eigenvalue weighted by molar-refractivity contribution is -0.138. The van der Waals surface area contributed by atoms with Crippen molar-refractivity contribution in [1.82, 2.24) is 19.9 Å². The molecule has 8 heteroatoms. The number of nitrogens with zero attached hydrogens (tertiary/aromatic N) is 5. The maximum absolute atomic E-state index is 12.9. The number of hydrogen-bond donors (Lipinski definition) is 0. The summed E-state index contributed by atoms with van der Waals surface area (Å²) < 4.78 is 10.7. The molecule has 30 heavy (non-hydrogen) atoms. The molecule has 2 aliphatic heterocycles. The van der Waals surface area contributed by atoms with E-state index in [4.69, 9.17) is 9.26 Å². The second kappa shape index (κ2) is 9.47. The van der Waals surface area contributed by atoms with Gasteiger partial charge in [-0.1, -0.05) is 12.1 Å². The first-order valence-corrected chi connectivity index (χ1v) is 10.9. The molecule has 0 spiro atoms. The zero-order valence-corrected chi connectivity index (χ0v) is 17.9. The van der Waals surface area contributed by atoms with Crippen LogP contribution in [0, 0.1) is 5.92 Å². The average Bonchev–Trinajstić information content (AvgIpc) is 3.30. The number of hydrogen-bond acceptors (Lipinski definition) is 7. The Morgan fingerprint density at radius 1 is 1.10 bits per heavy atom. The number of rotatable bonds is 6. The molecular weight excluding hydrogens is 382 g/mol. The monoisotopic (exact) mass is 413 g/mol. The van der Waals surface area contributed by atoms with Crippen molar-refractivity contribution >= 4 is 11.9 Å². The second-order valence-electron chi connectivity index (χ2n) is 8.06. The number of piperazine rings is 1. The molecule has 0 radical (unpaired) electrons. The SMILES string of the molecule is CCCN1CCN(C(=O)C2CCN(c3nc(-c4ccc(OC)cc4)no3)CC2)CC1. The molecule has 0 saturated carbocycles. The molecule has 0 bridgehead atoms. The summed E-state index contributed by atoms with van der Waals surface area (Å²) in [7, 11) is 1.64. The van der Waals surface area contributed by atoms with E-state index in [0.29, 0.717) is 17.7 Å². The number of ether oxygens (including phenoxy) is 1. The van der Waals surface area contributed by atoms with Crippen LogP contribution in [0.1, 0.15) is 26.2 Å². The second-order valence-corrected chi connectivity index (χ2v) is 8.06. The number of amides is 1. The van der Waals surface area contributed by atoms with Crippen molar-refractivity contribution in [2.45, 2.75) is 26.2 Å². The molecule has 2 saturated heterocycles. The van der Waals surface area contributed by atoms with Crippen molar-refractivity contribution in [3.05, 3.63) is 24.3 Å². The molecule has 3 heterocycles. The fourth-order valence-electron chi connectivity index (χ4n) is 4.29. The standard InChI is InChI=1S/C22H31N5O3/c1-3-10-25-13-15-26(16-14-25)21(28)18-8-11-27(12-9-18)22-23-20(24-30-22)17-4-6-19(29-2)7-5-17/h4-7,18H,3,8-16H2,1-2H3. The van der Waals surface area contributed by atoms with Gasteiger partial charge in [0.2, 0.25) is 11.7 Å². The van der Waals surface area contributed by atoms with Crippen molar-refractivity contribution in [3.8, 4) is 17.1 Å². The number of benzene rings is 1. The van der Waals surface area contributed by atoms with Crippen LogP contribution < -0.4 is 9.64 Å². The van der Waals surface area contributed by atoms with Gasteiger partial charge in [0.15, 0.2) is 0 Å². The average molecular weight is 414 g/mol. The number of piperidine rings is 1. The first-order chi connectivity index (χ1) is 14.7. The van der Waals surface area contributed by atoms with Gasteiger partial charge < -0.3 is 19.1 Å². The normalized spacial score (nSPS) is 18.6. The molecular formula is C22H31N5O3. The lowest BCUT2D eigenvalue weighted by Gasteiger charge is -2.38. The molecule has 8 nitrogen and oxygen atoms in total. The fraction of sp³-hybridized carbons (Fsp3) is 0.591. The molecule has 1 amide bonds. The molecule has 1 aromatic carbocycles. The summed E-state index contributed by atoms with van der Waals surface area (Å²) in [5.74, 6) is 1.77. The minimum absolute atomic E-state index is 0.1000. The summed E-state index contributed by atoms with van der Waals surface area (Å²) in [5.41, 5.74) is 0.887. The molecule has 2 fully saturated rings. The van der Waals surface area contributed by atoms with Crippen molar-refractivity contribution in [2.24, 2.45) is 5.92 Å². The highest BCUT2D eigenvalue weighted by molar-refractivity contribution is 5.79. The summed E-state index contributed by atoms with van der Waals surface area (Å²) in [4.78, 5) is 24.1. The van der Waals surface area contributed by atoms with Crippen LogP contribution in [0.2, 0.25) is 0 Å². The van der Waals surface area contributed by atoms with E-state index in [2.05, 4.69) is 31.8 Å². The highest BCUT2D eigenvalue weighted by atomic mass is 16.5. The van der Waals surface area contributed by atoms with Crippen LogP contribution in [0.5, 0.6) is 5.75 Å². The van der Waals surface area contributed by atoms with Crippen LogP contribution in [0.25, 0.3) is 11.4 Å². The van der Waals surface area contributed by atoms with Crippen molar-refractivity contribution < 1.29 is 14.1 Å². The lowest BCUT2D eigenvalue weighted by atomic mass is 9.95. The molecule has 0 N–H and O–H groups in total. The van der Waals surface area contributed by atoms with Gasteiger partial charge >= 0.3 is 6.01 Å². The van der Waals surface area contributed by atoms with Gasteiger partial charge in [-0.15, -0.1) is 0 Å². The molecule has 1 aromatic heterocycles. The van der Waals surface area contributed by atoms with Crippen LogP contribution in [0.15, 0.2) is 28.8 Å². The van der Waals surface area contributed by atoms with E-state index < -0.39 is 0 Å². The van der Waals surface area contributed by atoms with E-state index in [1.54, 1.807) is 7.11 Å². The van der Waals surface area contributed by atoms with Gasteiger partial charge in [-0.2, -0.15) is 4.98 Å². The molecule has 2 aliphatic rings. The first-order valence-electron chi connectivity index (χ1n) is 10.9. The Kier molecular flexibility index (Phi) is 6.52. The third-order valence-electron chi connectivity index (χ3n) is 6.10. The predicted molar refractivity (Wildman–Crippen MR) is 115 cm³/mol. The van der Waals surface area contributed by atoms with Crippen LogP contribution >= 0.6 is 0 Å². The summed E-state index contributed by atoms with van der Waals surface area (Å²) in [6.07, 6.45) is 2.82. The van der Waals surface area contributed by atoms with Crippen molar-refractivity contribution in [3.63, 3.8) is 0 Å². The summed E-state index contributed by atoms with van der Waals surface area (Å²) >= 11 is 0. The van der Waals surface area contributed by atoms with Gasteiger partial charge in [-0.25, -0.2) is 0 Å². The number of aromatic nitrogens is 2. The Balaban J connectivity index is 1.29. The van der Waals surface area contributed by atoms with Crippen LogP contribution in [-0.4, -0.2) is 78.8 Å². The Hall–Kier alpha value is -2.61. The van der Waals surface area contributed by atoms with E-state index >= 15 is 0 Å². The summed E-state index contributed by atoms with van der Waals surface area (Å²) in [6.45, 7) is 8.55. The molecule has 2 aromatic rings. The van der Waals surface area contributed by atoms with Gasteiger partial charge in [0, 0.05) is 50.7 Å². The predicted octanol–water partition coefficient (Wildman–Crippen LogP) is 2.52. The minimum Gasteiger partial charge on any atom is -0.497 e. The van der Waals surface area contributed by atoms with Gasteiger partial charge in [0.05, 0.1) is 7.11 Å². The molecule has 4 rings (SSSR count). The van der Waals surface area contributed by atoms with E-state index in [-0.39, 0.29) is 5.92 Å². The molecule has 0 atom stereocenters. The van der Waals surface area contributed by atoms with E-state index in [1.165, 1.54) is 6.42 Å². The highest BCUT2D eigenvalue weighted by Gasteiger charge is 2.31. The topological polar surface area (TPSA) is 74.9 Å². The summed E-state index contributed by atoms with van der Waals surface area (Å²) in [5, 5.41) is 4.12. The Morgan fingerprint density at radius 2 is 1.80 bits per heavy atom. The van der Waals surface area contributed by atoms with Crippen LogP contribution in [0.3, 0.4) is 0 Å². The largest absolute Gasteiger partial charge is 0.497 e. The maximum atomic E-state index is 12.9. The molecule has 162 valence electrons. The van der Waals surface area contributed by atoms with Gasteiger partial charge in [-0.3, -0.25) is 9.69 Å². The molecule has 0 unspecified atom stereocenters. The zero-order valence-electron chi connectivity index (χ0n) is 17.9. The number of anilines is 1. The third-order valence-corrected chi connectivity index (χ3v) is 6.10. The Labute approximate surface area is 177 Å².